The number of carbonyl (C=O) groups is 1. The van der Waals surface area contributed by atoms with Crippen LogP contribution in [0.15, 0.2) is 24.3 Å². The Hall–Kier alpha value is -1.71. The van der Waals surface area contributed by atoms with E-state index in [1.165, 1.54) is 0 Å². The normalized spacial score (nSPS) is 10.3. The molecule has 0 aliphatic carbocycles. The van der Waals surface area contributed by atoms with Gasteiger partial charge in [-0.25, -0.2) is 4.79 Å². The summed E-state index contributed by atoms with van der Waals surface area (Å²) in [5.74, 6) is 1.56. The molecular formula is C15H24N2O2. The molecule has 0 unspecified atom stereocenters. The Balaban J connectivity index is 2.46. The molecule has 2 amide bonds. The molecule has 0 saturated heterocycles. The minimum atomic E-state index is -0.154. The van der Waals surface area contributed by atoms with Crippen LogP contribution < -0.4 is 15.4 Å². The molecule has 1 aromatic carbocycles. The minimum Gasteiger partial charge on any atom is -0.493 e. The van der Waals surface area contributed by atoms with E-state index in [-0.39, 0.29) is 6.03 Å². The van der Waals surface area contributed by atoms with E-state index < -0.39 is 0 Å². The van der Waals surface area contributed by atoms with E-state index in [0.717, 1.165) is 30.8 Å². The van der Waals surface area contributed by atoms with Gasteiger partial charge in [0.2, 0.25) is 0 Å². The number of amides is 2. The summed E-state index contributed by atoms with van der Waals surface area (Å²) in [6.45, 7) is 5.70. The molecule has 0 spiro atoms. The van der Waals surface area contributed by atoms with Crippen molar-refractivity contribution in [3.8, 4) is 5.75 Å². The summed E-state index contributed by atoms with van der Waals surface area (Å²) >= 11 is 0. The molecule has 1 aromatic rings. The Morgan fingerprint density at radius 2 is 2.05 bits per heavy atom. The lowest BCUT2D eigenvalue weighted by Crippen LogP contribution is -2.34. The highest BCUT2D eigenvalue weighted by molar-refractivity contribution is 5.73. The van der Waals surface area contributed by atoms with E-state index in [1.807, 2.05) is 24.3 Å². The van der Waals surface area contributed by atoms with Crippen LogP contribution in [0.4, 0.5) is 4.79 Å². The number of nitrogens with one attached hydrogen (secondary N) is 2. The van der Waals surface area contributed by atoms with Crippen LogP contribution >= 0.6 is 0 Å². The largest absolute Gasteiger partial charge is 0.493 e. The second-order valence-electron chi connectivity index (χ2n) is 4.89. The van der Waals surface area contributed by atoms with Crippen molar-refractivity contribution in [2.45, 2.75) is 26.7 Å². The third-order valence-corrected chi connectivity index (χ3v) is 2.83. The quantitative estimate of drug-likeness (QED) is 0.795. The van der Waals surface area contributed by atoms with Crippen LogP contribution in [0.1, 0.15) is 25.8 Å². The molecule has 0 fully saturated rings. The Morgan fingerprint density at radius 3 is 2.74 bits per heavy atom. The van der Waals surface area contributed by atoms with E-state index >= 15 is 0 Å². The summed E-state index contributed by atoms with van der Waals surface area (Å²) in [7, 11) is 1.61. The van der Waals surface area contributed by atoms with Crippen molar-refractivity contribution in [3.63, 3.8) is 0 Å². The van der Waals surface area contributed by atoms with Gasteiger partial charge in [-0.1, -0.05) is 32.0 Å². The van der Waals surface area contributed by atoms with Crippen molar-refractivity contribution in [2.24, 2.45) is 5.92 Å². The van der Waals surface area contributed by atoms with Gasteiger partial charge in [0, 0.05) is 13.6 Å². The topological polar surface area (TPSA) is 50.4 Å². The van der Waals surface area contributed by atoms with Gasteiger partial charge in [0.25, 0.3) is 0 Å². The SMILES string of the molecule is CNC(=O)NCCc1ccccc1OCCC(C)C. The molecule has 0 heterocycles. The molecule has 0 aliphatic heterocycles. The number of hydrogen-bond acceptors (Lipinski definition) is 2. The number of carbonyl (C=O) groups excluding carboxylic acids is 1. The Morgan fingerprint density at radius 1 is 1.32 bits per heavy atom. The van der Waals surface area contributed by atoms with Crippen molar-refractivity contribution in [2.75, 3.05) is 20.2 Å². The van der Waals surface area contributed by atoms with E-state index in [2.05, 4.69) is 24.5 Å². The maximum atomic E-state index is 11.1. The maximum Gasteiger partial charge on any atom is 0.314 e. The van der Waals surface area contributed by atoms with Crippen LogP contribution in [0.5, 0.6) is 5.75 Å². The molecule has 0 atom stereocenters. The van der Waals surface area contributed by atoms with Crippen LogP contribution in [0.3, 0.4) is 0 Å². The zero-order valence-electron chi connectivity index (χ0n) is 12.0. The standard InChI is InChI=1S/C15H24N2O2/c1-12(2)9-11-19-14-7-5-4-6-13(14)8-10-17-15(18)16-3/h4-7,12H,8-11H2,1-3H3,(H2,16,17,18). The minimum absolute atomic E-state index is 0.154. The fraction of sp³-hybridized carbons (Fsp3) is 0.533. The van der Waals surface area contributed by atoms with Gasteiger partial charge in [-0.15, -0.1) is 0 Å². The Bertz CT molecular complexity index is 391. The summed E-state index contributed by atoms with van der Waals surface area (Å²) in [5.41, 5.74) is 1.13. The molecular weight excluding hydrogens is 240 g/mol. The Labute approximate surface area is 115 Å². The molecule has 4 heteroatoms. The number of para-hydroxylation sites is 1. The zero-order chi connectivity index (χ0) is 14.1. The molecule has 0 bridgehead atoms. The van der Waals surface area contributed by atoms with Crippen LogP contribution in [0, 0.1) is 5.92 Å². The maximum absolute atomic E-state index is 11.1. The van der Waals surface area contributed by atoms with Crippen LogP contribution in [0.25, 0.3) is 0 Å². The lowest BCUT2D eigenvalue weighted by molar-refractivity contribution is 0.243. The van der Waals surface area contributed by atoms with Gasteiger partial charge in [-0.3, -0.25) is 0 Å². The first-order chi connectivity index (χ1) is 9.13. The van der Waals surface area contributed by atoms with E-state index in [1.54, 1.807) is 7.05 Å². The predicted octanol–water partition coefficient (Wildman–Crippen LogP) is 2.58. The zero-order valence-corrected chi connectivity index (χ0v) is 12.0. The molecule has 106 valence electrons. The second-order valence-corrected chi connectivity index (χ2v) is 4.89. The lowest BCUT2D eigenvalue weighted by atomic mass is 10.1. The van der Waals surface area contributed by atoms with Crippen LogP contribution in [-0.4, -0.2) is 26.2 Å². The van der Waals surface area contributed by atoms with Crippen molar-refractivity contribution >= 4 is 6.03 Å². The van der Waals surface area contributed by atoms with E-state index in [4.69, 9.17) is 4.74 Å². The summed E-state index contributed by atoms with van der Waals surface area (Å²) in [6, 6.07) is 7.83. The third kappa shape index (κ3) is 6.13. The van der Waals surface area contributed by atoms with Crippen molar-refractivity contribution in [1.82, 2.24) is 10.6 Å². The molecule has 0 aliphatic rings. The number of rotatable bonds is 7. The highest BCUT2D eigenvalue weighted by atomic mass is 16.5. The van der Waals surface area contributed by atoms with Gasteiger partial charge in [0.15, 0.2) is 0 Å². The van der Waals surface area contributed by atoms with Crippen LogP contribution in [-0.2, 0) is 6.42 Å². The van der Waals surface area contributed by atoms with E-state index in [0.29, 0.717) is 12.5 Å². The first-order valence-corrected chi connectivity index (χ1v) is 6.79. The molecule has 2 N–H and O–H groups in total. The summed E-state index contributed by atoms with van der Waals surface area (Å²) in [4.78, 5) is 11.1. The van der Waals surface area contributed by atoms with Gasteiger partial charge >= 0.3 is 6.03 Å². The fourth-order valence-electron chi connectivity index (χ4n) is 1.65. The average molecular weight is 264 g/mol. The summed E-state index contributed by atoms with van der Waals surface area (Å²) < 4.78 is 5.80. The molecule has 0 radical (unpaired) electrons. The average Bonchev–Trinajstić information content (AvgIpc) is 2.40. The molecule has 0 saturated carbocycles. The lowest BCUT2D eigenvalue weighted by Gasteiger charge is -2.12. The third-order valence-electron chi connectivity index (χ3n) is 2.83. The fourth-order valence-corrected chi connectivity index (χ4v) is 1.65. The van der Waals surface area contributed by atoms with Gasteiger partial charge in [0.05, 0.1) is 6.61 Å². The second kappa shape index (κ2) is 8.40. The summed E-state index contributed by atoms with van der Waals surface area (Å²) in [5, 5.41) is 5.31. The number of benzene rings is 1. The first-order valence-electron chi connectivity index (χ1n) is 6.79. The van der Waals surface area contributed by atoms with E-state index in [9.17, 15) is 4.79 Å². The number of hydrogen-bond donors (Lipinski definition) is 2. The van der Waals surface area contributed by atoms with Gasteiger partial charge < -0.3 is 15.4 Å². The predicted molar refractivity (Wildman–Crippen MR) is 77.6 cm³/mol. The first kappa shape index (κ1) is 15.3. The van der Waals surface area contributed by atoms with Gasteiger partial charge in [-0.2, -0.15) is 0 Å². The molecule has 19 heavy (non-hydrogen) atoms. The number of ether oxygens (including phenoxy) is 1. The highest BCUT2D eigenvalue weighted by Gasteiger charge is 2.04. The summed E-state index contributed by atoms with van der Waals surface area (Å²) in [6.07, 6.45) is 1.82. The smallest absolute Gasteiger partial charge is 0.314 e. The van der Waals surface area contributed by atoms with Crippen molar-refractivity contribution < 1.29 is 9.53 Å². The van der Waals surface area contributed by atoms with Crippen molar-refractivity contribution in [3.05, 3.63) is 29.8 Å². The van der Waals surface area contributed by atoms with Crippen LogP contribution in [0.2, 0.25) is 0 Å². The van der Waals surface area contributed by atoms with Gasteiger partial charge in [-0.05, 0) is 30.4 Å². The number of urea groups is 1. The molecule has 1 rings (SSSR count). The molecule has 4 nitrogen and oxygen atoms in total. The Kier molecular flexibility index (Phi) is 6.79. The van der Waals surface area contributed by atoms with Gasteiger partial charge in [0.1, 0.15) is 5.75 Å². The van der Waals surface area contributed by atoms with Crippen molar-refractivity contribution in [1.29, 1.82) is 0 Å². The highest BCUT2D eigenvalue weighted by Crippen LogP contribution is 2.18. The molecule has 0 aromatic heterocycles. The monoisotopic (exact) mass is 264 g/mol.